The van der Waals surface area contributed by atoms with Crippen LogP contribution in [0.4, 0.5) is 5.69 Å². The zero-order valence-corrected chi connectivity index (χ0v) is 12.4. The molecule has 0 saturated heterocycles. The van der Waals surface area contributed by atoms with Crippen LogP contribution in [-0.2, 0) is 0 Å². The summed E-state index contributed by atoms with van der Waals surface area (Å²) in [6, 6.07) is 16.4. The van der Waals surface area contributed by atoms with E-state index in [0.29, 0.717) is 6.42 Å². The number of Topliss-reactive ketones (excluding diaryl/α,β-unsaturated/α-hetero) is 1. The summed E-state index contributed by atoms with van der Waals surface area (Å²) in [7, 11) is 0. The number of benzene rings is 3. The van der Waals surface area contributed by atoms with E-state index in [9.17, 15) is 4.79 Å². The minimum absolute atomic E-state index is 0. The summed E-state index contributed by atoms with van der Waals surface area (Å²) >= 11 is 0. The summed E-state index contributed by atoms with van der Waals surface area (Å²) in [6.45, 7) is 0. The molecule has 4 rings (SSSR count). The summed E-state index contributed by atoms with van der Waals surface area (Å²) in [4.78, 5) is 16.5. The molecule has 0 aromatic heterocycles. The number of hydrogen-bond acceptors (Lipinski definition) is 2. The Morgan fingerprint density at radius 3 is 2.45 bits per heavy atom. The largest absolute Gasteiger partial charge is 0.294 e. The van der Waals surface area contributed by atoms with Crippen LogP contribution in [0.15, 0.2) is 53.5 Å². The van der Waals surface area contributed by atoms with Crippen molar-refractivity contribution in [3.8, 4) is 0 Å². The molecule has 1 heterocycles. The predicted octanol–water partition coefficient (Wildman–Crippen LogP) is 4.86. The van der Waals surface area contributed by atoms with Crippen LogP contribution in [0.25, 0.3) is 21.5 Å². The Hall–Kier alpha value is -2.00. The number of hydrogen-bond donors (Lipinski definition) is 0. The highest BCUT2D eigenvalue weighted by molar-refractivity contribution is 8.93. The summed E-state index contributed by atoms with van der Waals surface area (Å²) in [5, 5.41) is 4.47. The van der Waals surface area contributed by atoms with Gasteiger partial charge in [0.25, 0.3) is 0 Å². The molecule has 0 atom stereocenters. The van der Waals surface area contributed by atoms with Crippen molar-refractivity contribution in [1.82, 2.24) is 0 Å². The minimum atomic E-state index is 0. The zero-order valence-electron chi connectivity index (χ0n) is 10.7. The smallest absolute Gasteiger partial charge is 0.170 e. The molecule has 0 bridgehead atoms. The van der Waals surface area contributed by atoms with Gasteiger partial charge in [0.2, 0.25) is 0 Å². The Bertz CT molecular complexity index is 867. The number of halogens is 1. The lowest BCUT2D eigenvalue weighted by Crippen LogP contribution is -2.05. The highest BCUT2D eigenvalue weighted by Crippen LogP contribution is 2.33. The van der Waals surface area contributed by atoms with E-state index in [1.807, 2.05) is 24.3 Å². The fraction of sp³-hybridized carbons (Fsp3) is 0.0588. The molecule has 0 fully saturated rings. The third-order valence-corrected chi connectivity index (χ3v) is 3.65. The van der Waals surface area contributed by atoms with E-state index in [1.165, 1.54) is 5.39 Å². The SMILES string of the molecule is Br.O=C1CC=Nc2ccc3cc4ccccc4cc3c21. The highest BCUT2D eigenvalue weighted by atomic mass is 79.9. The van der Waals surface area contributed by atoms with E-state index in [-0.39, 0.29) is 22.8 Å². The van der Waals surface area contributed by atoms with Crippen molar-refractivity contribution in [2.45, 2.75) is 6.42 Å². The molecule has 1 aliphatic rings. The van der Waals surface area contributed by atoms with Crippen molar-refractivity contribution in [1.29, 1.82) is 0 Å². The number of rotatable bonds is 0. The molecule has 3 aromatic carbocycles. The monoisotopic (exact) mass is 325 g/mol. The number of aliphatic imine (C=N–C) groups is 1. The molecule has 1 aliphatic heterocycles. The highest BCUT2D eigenvalue weighted by Gasteiger charge is 2.17. The molecule has 0 N–H and O–H groups in total. The van der Waals surface area contributed by atoms with Gasteiger partial charge in [0, 0.05) is 12.6 Å². The van der Waals surface area contributed by atoms with Gasteiger partial charge in [-0.15, -0.1) is 17.0 Å². The molecule has 0 amide bonds. The van der Waals surface area contributed by atoms with E-state index >= 15 is 0 Å². The fourth-order valence-corrected chi connectivity index (χ4v) is 2.73. The van der Waals surface area contributed by atoms with Crippen LogP contribution in [0.1, 0.15) is 16.8 Å². The molecule has 20 heavy (non-hydrogen) atoms. The van der Waals surface area contributed by atoms with Crippen LogP contribution in [0.2, 0.25) is 0 Å². The Balaban J connectivity index is 0.00000121. The molecule has 0 saturated carbocycles. The van der Waals surface area contributed by atoms with Crippen molar-refractivity contribution in [2.75, 3.05) is 0 Å². The molecule has 0 spiro atoms. The summed E-state index contributed by atoms with van der Waals surface area (Å²) in [5.41, 5.74) is 1.56. The number of carbonyl (C=O) groups is 1. The van der Waals surface area contributed by atoms with Crippen molar-refractivity contribution in [2.24, 2.45) is 4.99 Å². The lowest BCUT2D eigenvalue weighted by Gasteiger charge is -2.12. The molecule has 3 heteroatoms. The molecule has 2 nitrogen and oxygen atoms in total. The van der Waals surface area contributed by atoms with Gasteiger partial charge in [-0.05, 0) is 39.7 Å². The Morgan fingerprint density at radius 2 is 1.65 bits per heavy atom. The predicted molar refractivity (Wildman–Crippen MR) is 88.9 cm³/mol. The first-order valence-electron chi connectivity index (χ1n) is 6.34. The number of nitrogens with zero attached hydrogens (tertiary/aromatic N) is 1. The second kappa shape index (κ2) is 4.84. The van der Waals surface area contributed by atoms with E-state index in [1.54, 1.807) is 6.21 Å². The van der Waals surface area contributed by atoms with Gasteiger partial charge in [-0.3, -0.25) is 9.79 Å². The standard InChI is InChI=1S/C17H11NO.BrH/c19-16-7-8-18-15-6-5-13-9-11-3-1-2-4-12(11)10-14(13)17(15)16;/h1-6,8-10H,7H2;1H. The van der Waals surface area contributed by atoms with Gasteiger partial charge in [0.1, 0.15) is 0 Å². The quantitative estimate of drug-likeness (QED) is 0.543. The van der Waals surface area contributed by atoms with E-state index in [4.69, 9.17) is 0 Å². The average molecular weight is 326 g/mol. The first-order valence-corrected chi connectivity index (χ1v) is 6.34. The van der Waals surface area contributed by atoms with Gasteiger partial charge in [-0.25, -0.2) is 0 Å². The van der Waals surface area contributed by atoms with Gasteiger partial charge in [0.15, 0.2) is 5.78 Å². The lowest BCUT2D eigenvalue weighted by atomic mass is 9.94. The van der Waals surface area contributed by atoms with Crippen LogP contribution in [-0.4, -0.2) is 12.0 Å². The van der Waals surface area contributed by atoms with Gasteiger partial charge < -0.3 is 0 Å². The normalized spacial score (nSPS) is 13.3. The number of carbonyl (C=O) groups excluding carboxylic acids is 1. The number of ketones is 1. The molecule has 98 valence electrons. The Morgan fingerprint density at radius 1 is 0.900 bits per heavy atom. The summed E-state index contributed by atoms with van der Waals surface area (Å²) < 4.78 is 0. The second-order valence-electron chi connectivity index (χ2n) is 4.82. The third-order valence-electron chi connectivity index (χ3n) is 3.65. The van der Waals surface area contributed by atoms with E-state index in [0.717, 1.165) is 27.4 Å². The Labute approximate surface area is 126 Å². The minimum Gasteiger partial charge on any atom is -0.294 e. The molecule has 3 aromatic rings. The molecule has 0 radical (unpaired) electrons. The Kier molecular flexibility index (Phi) is 3.14. The molecular weight excluding hydrogens is 314 g/mol. The second-order valence-corrected chi connectivity index (χ2v) is 4.82. The molecule has 0 unspecified atom stereocenters. The third kappa shape index (κ3) is 1.86. The van der Waals surface area contributed by atoms with Crippen molar-refractivity contribution in [3.63, 3.8) is 0 Å². The fourth-order valence-electron chi connectivity index (χ4n) is 2.73. The van der Waals surface area contributed by atoms with Crippen LogP contribution >= 0.6 is 17.0 Å². The van der Waals surface area contributed by atoms with Crippen LogP contribution in [0, 0.1) is 0 Å². The zero-order chi connectivity index (χ0) is 12.8. The first-order chi connectivity index (χ1) is 9.33. The van der Waals surface area contributed by atoms with Crippen molar-refractivity contribution < 1.29 is 4.79 Å². The van der Waals surface area contributed by atoms with E-state index in [2.05, 4.69) is 29.3 Å². The maximum Gasteiger partial charge on any atom is 0.170 e. The summed E-state index contributed by atoms with van der Waals surface area (Å²) in [6.07, 6.45) is 2.09. The van der Waals surface area contributed by atoms with Crippen LogP contribution in [0.5, 0.6) is 0 Å². The maximum atomic E-state index is 12.1. The van der Waals surface area contributed by atoms with Gasteiger partial charge in [-0.2, -0.15) is 0 Å². The average Bonchev–Trinajstić information content (AvgIpc) is 2.45. The molecular formula is C17H12BrNO. The van der Waals surface area contributed by atoms with Crippen LogP contribution < -0.4 is 0 Å². The topological polar surface area (TPSA) is 29.4 Å². The van der Waals surface area contributed by atoms with Crippen molar-refractivity contribution in [3.05, 3.63) is 54.1 Å². The van der Waals surface area contributed by atoms with Crippen LogP contribution in [0.3, 0.4) is 0 Å². The van der Waals surface area contributed by atoms with Gasteiger partial charge in [-0.1, -0.05) is 30.3 Å². The maximum absolute atomic E-state index is 12.1. The van der Waals surface area contributed by atoms with Gasteiger partial charge in [0.05, 0.1) is 11.3 Å². The summed E-state index contributed by atoms with van der Waals surface area (Å²) in [5.74, 6) is 0.158. The molecule has 0 aliphatic carbocycles. The van der Waals surface area contributed by atoms with Crippen molar-refractivity contribution >= 4 is 56.2 Å². The lowest BCUT2D eigenvalue weighted by molar-refractivity contribution is 0.100. The number of fused-ring (bicyclic) bond motifs is 4. The van der Waals surface area contributed by atoms with Gasteiger partial charge >= 0.3 is 0 Å². The van der Waals surface area contributed by atoms with E-state index < -0.39 is 0 Å². The first kappa shape index (κ1) is 13.0.